The predicted octanol–water partition coefficient (Wildman–Crippen LogP) is 3.82. The third-order valence-corrected chi connectivity index (χ3v) is 6.67. The Balaban J connectivity index is 1.79. The van der Waals surface area contributed by atoms with E-state index in [9.17, 15) is 9.59 Å². The van der Waals surface area contributed by atoms with Crippen LogP contribution in [0.15, 0.2) is 0 Å². The van der Waals surface area contributed by atoms with Crippen LogP contribution in [0.5, 0.6) is 0 Å². The molecule has 6 atom stereocenters. The van der Waals surface area contributed by atoms with E-state index in [1.54, 1.807) is 0 Å². The van der Waals surface area contributed by atoms with Crippen LogP contribution in [0.25, 0.3) is 0 Å². The summed E-state index contributed by atoms with van der Waals surface area (Å²) in [6.45, 7) is 14.9. The fraction of sp³-hybridized carbons (Fsp3) is 0.900. The van der Waals surface area contributed by atoms with Crippen LogP contribution in [0.3, 0.4) is 0 Å². The summed E-state index contributed by atoms with van der Waals surface area (Å²) in [6, 6.07) is 0. The van der Waals surface area contributed by atoms with Gasteiger partial charge in [-0.3, -0.25) is 9.59 Å². The molecule has 0 N–H and O–H groups in total. The summed E-state index contributed by atoms with van der Waals surface area (Å²) < 4.78 is 11.7. The summed E-state index contributed by atoms with van der Waals surface area (Å²) >= 11 is 0. The highest BCUT2D eigenvalue weighted by molar-refractivity contribution is 5.78. The first-order valence-corrected chi connectivity index (χ1v) is 9.35. The first-order valence-electron chi connectivity index (χ1n) is 9.35. The van der Waals surface area contributed by atoms with E-state index >= 15 is 0 Å². The van der Waals surface area contributed by atoms with Crippen LogP contribution in [0.4, 0.5) is 0 Å². The number of hydrogen-bond donors (Lipinski definition) is 0. The Bertz CT molecular complexity index is 542. The number of fused-ring (bicyclic) bond motifs is 1. The van der Waals surface area contributed by atoms with Gasteiger partial charge < -0.3 is 9.47 Å². The minimum atomic E-state index is -0.266. The van der Waals surface area contributed by atoms with E-state index in [2.05, 4.69) is 48.5 Å². The van der Waals surface area contributed by atoms with Crippen molar-refractivity contribution in [2.45, 2.75) is 73.5 Å². The molecule has 1 saturated heterocycles. The van der Waals surface area contributed by atoms with E-state index in [0.717, 1.165) is 12.8 Å². The van der Waals surface area contributed by atoms with Gasteiger partial charge >= 0.3 is 11.9 Å². The highest BCUT2D eigenvalue weighted by Gasteiger charge is 2.71. The van der Waals surface area contributed by atoms with Crippen molar-refractivity contribution in [3.05, 3.63) is 0 Å². The van der Waals surface area contributed by atoms with Crippen molar-refractivity contribution in [3.63, 3.8) is 0 Å². The molecule has 4 heteroatoms. The topological polar surface area (TPSA) is 52.6 Å². The number of ether oxygens (including phenoxy) is 2. The molecular weight excluding hydrogens is 304 g/mol. The van der Waals surface area contributed by atoms with Gasteiger partial charge in [-0.15, -0.1) is 0 Å². The number of carbonyl (C=O) groups excluding carboxylic acids is 2. The summed E-state index contributed by atoms with van der Waals surface area (Å²) in [4.78, 5) is 25.1. The Morgan fingerprint density at radius 1 is 1.33 bits per heavy atom. The van der Waals surface area contributed by atoms with E-state index in [4.69, 9.17) is 9.47 Å². The molecule has 0 radical (unpaired) electrons. The van der Waals surface area contributed by atoms with Crippen LogP contribution in [-0.2, 0) is 19.1 Å². The van der Waals surface area contributed by atoms with Crippen molar-refractivity contribution >= 4 is 11.9 Å². The second kappa shape index (κ2) is 5.47. The average molecular weight is 336 g/mol. The van der Waals surface area contributed by atoms with Crippen molar-refractivity contribution < 1.29 is 19.1 Å². The minimum Gasteiger partial charge on any atom is -0.458 e. The van der Waals surface area contributed by atoms with Gasteiger partial charge in [0.05, 0.1) is 11.8 Å². The fourth-order valence-electron chi connectivity index (χ4n) is 5.38. The van der Waals surface area contributed by atoms with Gasteiger partial charge in [-0.05, 0) is 29.6 Å². The van der Waals surface area contributed by atoms with Crippen molar-refractivity contribution in [1.29, 1.82) is 0 Å². The number of rotatable bonds is 4. The monoisotopic (exact) mass is 336 g/mol. The normalized spacial score (nSPS) is 37.7. The van der Waals surface area contributed by atoms with Gasteiger partial charge in [-0.25, -0.2) is 0 Å². The molecule has 0 spiro atoms. The molecule has 2 aliphatic carbocycles. The third kappa shape index (κ3) is 2.57. The maximum atomic E-state index is 13.0. The van der Waals surface area contributed by atoms with Gasteiger partial charge in [0.2, 0.25) is 0 Å². The van der Waals surface area contributed by atoms with E-state index in [-0.39, 0.29) is 58.6 Å². The molecule has 1 aliphatic heterocycles. The average Bonchev–Trinajstić information content (AvgIpc) is 2.91. The van der Waals surface area contributed by atoms with E-state index in [1.165, 1.54) is 0 Å². The standard InChI is InChI=1S/C20H32O4/c1-10(2)8-13(19(3,4)5)18(22)23-15-12-9-11-14(20(12,6)7)16(15)24-17(11)21/h10-16H,8-9H2,1-7H3. The quantitative estimate of drug-likeness (QED) is 0.732. The lowest BCUT2D eigenvalue weighted by Gasteiger charge is -2.33. The lowest BCUT2D eigenvalue weighted by atomic mass is 9.76. The van der Waals surface area contributed by atoms with Crippen LogP contribution in [0, 0.1) is 40.4 Å². The molecule has 0 aromatic heterocycles. The Morgan fingerprint density at radius 3 is 2.50 bits per heavy atom. The molecule has 6 unspecified atom stereocenters. The molecule has 24 heavy (non-hydrogen) atoms. The zero-order valence-electron chi connectivity index (χ0n) is 16.1. The Morgan fingerprint density at radius 2 is 1.96 bits per heavy atom. The molecule has 136 valence electrons. The lowest BCUT2D eigenvalue weighted by Crippen LogP contribution is -2.40. The van der Waals surface area contributed by atoms with Gasteiger partial charge in [0.25, 0.3) is 0 Å². The first kappa shape index (κ1) is 17.8. The molecule has 0 amide bonds. The van der Waals surface area contributed by atoms with Crippen molar-refractivity contribution in [2.75, 3.05) is 0 Å². The van der Waals surface area contributed by atoms with Gasteiger partial charge in [0, 0.05) is 11.8 Å². The SMILES string of the molecule is CC(C)CC(C(=O)OC1C2OC(=O)C3CC1C(C)(C)C32)C(C)(C)C. The molecule has 3 fully saturated rings. The van der Waals surface area contributed by atoms with E-state index < -0.39 is 0 Å². The molecule has 2 saturated carbocycles. The molecule has 4 nitrogen and oxygen atoms in total. The molecule has 3 aliphatic rings. The zero-order valence-corrected chi connectivity index (χ0v) is 16.1. The maximum absolute atomic E-state index is 13.0. The van der Waals surface area contributed by atoms with Crippen molar-refractivity contribution in [2.24, 2.45) is 40.4 Å². The zero-order chi connectivity index (χ0) is 18.0. The molecule has 0 aromatic carbocycles. The lowest BCUT2D eigenvalue weighted by molar-refractivity contribution is -0.170. The summed E-state index contributed by atoms with van der Waals surface area (Å²) in [5.41, 5.74) is -0.134. The van der Waals surface area contributed by atoms with E-state index in [1.807, 2.05) is 0 Å². The summed E-state index contributed by atoms with van der Waals surface area (Å²) in [7, 11) is 0. The summed E-state index contributed by atoms with van der Waals surface area (Å²) in [5, 5.41) is 0. The van der Waals surface area contributed by atoms with Crippen molar-refractivity contribution in [3.8, 4) is 0 Å². The predicted molar refractivity (Wildman–Crippen MR) is 91.0 cm³/mol. The summed E-state index contributed by atoms with van der Waals surface area (Å²) in [5.74, 6) is 0.537. The highest BCUT2D eigenvalue weighted by atomic mass is 16.6. The molecular formula is C20H32O4. The maximum Gasteiger partial charge on any atom is 0.309 e. The third-order valence-electron chi connectivity index (χ3n) is 6.67. The van der Waals surface area contributed by atoms with Crippen LogP contribution < -0.4 is 0 Å². The van der Waals surface area contributed by atoms with Crippen molar-refractivity contribution in [1.82, 2.24) is 0 Å². The second-order valence-corrected chi connectivity index (χ2v) is 10.1. The van der Waals surface area contributed by atoms with Gasteiger partial charge in [-0.2, -0.15) is 0 Å². The number of hydrogen-bond acceptors (Lipinski definition) is 4. The highest BCUT2D eigenvalue weighted by Crippen LogP contribution is 2.65. The van der Waals surface area contributed by atoms with Crippen LogP contribution in [0.2, 0.25) is 0 Å². The van der Waals surface area contributed by atoms with Gasteiger partial charge in [0.1, 0.15) is 12.2 Å². The first-order chi connectivity index (χ1) is 10.9. The number of carbonyl (C=O) groups is 2. The smallest absolute Gasteiger partial charge is 0.309 e. The van der Waals surface area contributed by atoms with E-state index in [0.29, 0.717) is 5.92 Å². The van der Waals surface area contributed by atoms with Crippen LogP contribution >= 0.6 is 0 Å². The molecule has 0 aromatic rings. The van der Waals surface area contributed by atoms with Gasteiger partial charge in [-0.1, -0.05) is 48.5 Å². The minimum absolute atomic E-state index is 0.00170. The largest absolute Gasteiger partial charge is 0.458 e. The van der Waals surface area contributed by atoms with Gasteiger partial charge in [0.15, 0.2) is 0 Å². The molecule has 3 rings (SSSR count). The molecule has 2 bridgehead atoms. The Hall–Kier alpha value is -1.06. The second-order valence-electron chi connectivity index (χ2n) is 10.1. The molecule has 1 heterocycles. The van der Waals surface area contributed by atoms with Crippen LogP contribution in [0.1, 0.15) is 61.3 Å². The summed E-state index contributed by atoms with van der Waals surface area (Å²) in [6.07, 6.45) is 1.12. The fourth-order valence-corrected chi connectivity index (χ4v) is 5.38. The number of esters is 2. The Kier molecular flexibility index (Phi) is 4.05. The Labute approximate surface area is 145 Å². The van der Waals surface area contributed by atoms with Crippen LogP contribution in [-0.4, -0.2) is 24.1 Å².